The first-order valence-corrected chi connectivity index (χ1v) is 10.7. The van der Waals surface area contributed by atoms with E-state index in [0.717, 1.165) is 22.3 Å². The molecule has 1 saturated heterocycles. The number of likely N-dealkylation sites (tertiary alicyclic amines) is 1. The maximum atomic E-state index is 12.4. The van der Waals surface area contributed by atoms with Crippen LogP contribution in [-0.4, -0.2) is 70.3 Å². The van der Waals surface area contributed by atoms with Crippen molar-refractivity contribution in [1.29, 1.82) is 0 Å². The molecule has 3 aromatic heterocycles. The summed E-state index contributed by atoms with van der Waals surface area (Å²) in [7, 11) is 3.51. The molecule has 0 saturated carbocycles. The first kappa shape index (κ1) is 24.5. The number of aromatic nitrogens is 3. The van der Waals surface area contributed by atoms with Crippen molar-refractivity contribution in [3.63, 3.8) is 0 Å². The molecule has 4 heterocycles. The molecule has 0 bridgehead atoms. The van der Waals surface area contributed by atoms with E-state index in [0.29, 0.717) is 25.4 Å². The summed E-state index contributed by atoms with van der Waals surface area (Å²) < 4.78 is 31.6. The molecule has 0 aliphatic carbocycles. The Morgan fingerprint density at radius 2 is 1.97 bits per heavy atom. The van der Waals surface area contributed by atoms with Crippen LogP contribution in [0.4, 0.5) is 19.3 Å². The van der Waals surface area contributed by atoms with Crippen LogP contribution >= 0.6 is 0 Å². The molecule has 8 nitrogen and oxygen atoms in total. The maximum Gasteiger partial charge on any atom is 0.414 e. The Morgan fingerprint density at radius 3 is 2.61 bits per heavy atom. The monoisotopic (exact) mass is 461 g/mol. The van der Waals surface area contributed by atoms with Crippen LogP contribution in [0.1, 0.15) is 25.3 Å². The van der Waals surface area contributed by atoms with Gasteiger partial charge < -0.3 is 14.7 Å². The summed E-state index contributed by atoms with van der Waals surface area (Å²) >= 11 is 0. The number of piperidine rings is 1. The molecule has 1 aliphatic rings. The van der Waals surface area contributed by atoms with E-state index >= 15 is 0 Å². The van der Waals surface area contributed by atoms with Crippen LogP contribution in [0.15, 0.2) is 43.0 Å². The van der Waals surface area contributed by atoms with E-state index < -0.39 is 12.0 Å². The van der Waals surface area contributed by atoms with Gasteiger partial charge in [0, 0.05) is 50.8 Å². The molecule has 4 rings (SSSR count). The van der Waals surface area contributed by atoms with Crippen molar-refractivity contribution in [2.24, 2.45) is 0 Å². The zero-order valence-corrected chi connectivity index (χ0v) is 19.0. The van der Waals surface area contributed by atoms with Crippen LogP contribution in [0.25, 0.3) is 16.7 Å². The number of anilines is 1. The molecule has 1 fully saturated rings. The van der Waals surface area contributed by atoms with Crippen LogP contribution in [0.3, 0.4) is 0 Å². The van der Waals surface area contributed by atoms with Gasteiger partial charge in [-0.2, -0.15) is 0 Å². The number of pyridine rings is 2. The van der Waals surface area contributed by atoms with E-state index in [1.807, 2.05) is 40.9 Å². The number of fused-ring (bicyclic) bond motifs is 1. The number of alkyl halides is 2. The molecule has 0 unspecified atom stereocenters. The van der Waals surface area contributed by atoms with Crippen molar-refractivity contribution < 1.29 is 23.4 Å². The van der Waals surface area contributed by atoms with E-state index in [9.17, 15) is 18.7 Å². The summed E-state index contributed by atoms with van der Waals surface area (Å²) in [5.74, 6) is -2.38. The minimum absolute atomic E-state index is 0.0312. The van der Waals surface area contributed by atoms with Crippen molar-refractivity contribution in [2.75, 3.05) is 38.7 Å². The van der Waals surface area contributed by atoms with Gasteiger partial charge in [0.05, 0.1) is 37.0 Å². The topological polar surface area (TPSA) is 83.7 Å². The van der Waals surface area contributed by atoms with E-state index in [4.69, 9.17) is 4.74 Å². The van der Waals surface area contributed by atoms with Crippen molar-refractivity contribution >= 4 is 22.8 Å². The summed E-state index contributed by atoms with van der Waals surface area (Å²) in [5, 5.41) is 10.1. The highest BCUT2D eigenvalue weighted by molar-refractivity contribution is 5.87. The number of carbonyl (C=O) groups is 1. The van der Waals surface area contributed by atoms with Crippen LogP contribution < -0.4 is 4.90 Å². The summed E-state index contributed by atoms with van der Waals surface area (Å²) in [6.07, 6.45) is 6.45. The number of halogens is 2. The van der Waals surface area contributed by atoms with Gasteiger partial charge in [-0.1, -0.05) is 0 Å². The zero-order valence-electron chi connectivity index (χ0n) is 19.0. The number of rotatable bonds is 4. The first-order valence-electron chi connectivity index (χ1n) is 10.7. The second-order valence-electron chi connectivity index (χ2n) is 7.92. The molecule has 1 aliphatic heterocycles. The molecule has 1 amide bonds. The van der Waals surface area contributed by atoms with Gasteiger partial charge in [0.25, 0.3) is 5.92 Å². The van der Waals surface area contributed by atoms with Crippen LogP contribution in [0.5, 0.6) is 0 Å². The molecule has 3 aromatic rings. The fourth-order valence-electron chi connectivity index (χ4n) is 3.37. The molecular formula is C23H29F2N5O3. The number of ether oxygens (including phenoxy) is 1. The van der Waals surface area contributed by atoms with Crippen molar-refractivity contribution in [1.82, 2.24) is 19.4 Å². The lowest BCUT2D eigenvalue weighted by atomic mass is 10.1. The molecule has 0 spiro atoms. The predicted molar refractivity (Wildman–Crippen MR) is 122 cm³/mol. The predicted octanol–water partition coefficient (Wildman–Crippen LogP) is 3.85. The number of aliphatic hydroxyl groups is 1. The van der Waals surface area contributed by atoms with E-state index in [-0.39, 0.29) is 19.4 Å². The summed E-state index contributed by atoms with van der Waals surface area (Å²) in [4.78, 5) is 23.8. The number of amides is 1. The zero-order chi connectivity index (χ0) is 24.0. The number of carbonyl (C=O) groups excluding carboxylic acids is 1. The Bertz CT molecular complexity index is 1080. The highest BCUT2D eigenvalue weighted by Crippen LogP contribution is 2.26. The molecule has 0 radical (unpaired) electrons. The number of hydrogen-bond acceptors (Lipinski definition) is 6. The molecule has 33 heavy (non-hydrogen) atoms. The summed E-state index contributed by atoms with van der Waals surface area (Å²) in [5.41, 5.74) is 2.92. The highest BCUT2D eigenvalue weighted by atomic mass is 19.3. The first-order chi connectivity index (χ1) is 15.7. The van der Waals surface area contributed by atoms with Crippen LogP contribution in [0, 0.1) is 0 Å². The van der Waals surface area contributed by atoms with Gasteiger partial charge in [-0.05, 0) is 37.7 Å². The van der Waals surface area contributed by atoms with Gasteiger partial charge >= 0.3 is 6.09 Å². The van der Waals surface area contributed by atoms with E-state index in [1.165, 1.54) is 4.90 Å². The van der Waals surface area contributed by atoms with Gasteiger partial charge in [0.2, 0.25) is 0 Å². The minimum Gasteiger partial charge on any atom is -0.449 e. The Morgan fingerprint density at radius 1 is 1.24 bits per heavy atom. The van der Waals surface area contributed by atoms with Crippen molar-refractivity contribution in [3.8, 4) is 5.69 Å². The molecule has 1 N–H and O–H groups in total. The Hall–Kier alpha value is -3.11. The smallest absolute Gasteiger partial charge is 0.414 e. The Kier molecular flexibility index (Phi) is 7.93. The van der Waals surface area contributed by atoms with Gasteiger partial charge in [-0.25, -0.2) is 18.6 Å². The second kappa shape index (κ2) is 10.7. The fourth-order valence-corrected chi connectivity index (χ4v) is 3.37. The fraction of sp³-hybridized carbons (Fsp3) is 0.435. The van der Waals surface area contributed by atoms with Gasteiger partial charge in [-0.15, -0.1) is 0 Å². The average molecular weight is 462 g/mol. The third-order valence-corrected chi connectivity index (χ3v) is 5.40. The van der Waals surface area contributed by atoms with Crippen molar-refractivity contribution in [3.05, 3.63) is 48.5 Å². The SMILES string of the molecule is CCOC(=O)N(C)c1cncc(-n2ccc3cc(CO)cnc32)c1.CN1CCC(F)(F)CC1. The molecule has 178 valence electrons. The van der Waals surface area contributed by atoms with Crippen LogP contribution in [-0.2, 0) is 11.3 Å². The average Bonchev–Trinajstić information content (AvgIpc) is 3.24. The molecular weight excluding hydrogens is 432 g/mol. The normalized spacial score (nSPS) is 15.6. The van der Waals surface area contributed by atoms with Gasteiger partial charge in [0.15, 0.2) is 0 Å². The minimum atomic E-state index is -2.38. The van der Waals surface area contributed by atoms with Crippen LogP contribution in [0.2, 0.25) is 0 Å². The Labute approximate surface area is 191 Å². The van der Waals surface area contributed by atoms with E-state index in [2.05, 4.69) is 9.97 Å². The number of aliphatic hydroxyl groups excluding tert-OH is 1. The molecule has 10 heteroatoms. The van der Waals surface area contributed by atoms with Crippen molar-refractivity contribution in [2.45, 2.75) is 32.3 Å². The maximum absolute atomic E-state index is 12.4. The lowest BCUT2D eigenvalue weighted by Crippen LogP contribution is -2.36. The summed E-state index contributed by atoms with van der Waals surface area (Å²) in [6.45, 7) is 3.10. The van der Waals surface area contributed by atoms with E-state index in [1.54, 1.807) is 32.6 Å². The standard InChI is InChI=1S/C17H18N4O3.C6H11F2N/c1-3-24-17(23)20(2)14-7-15(10-18-9-14)21-5-4-13-6-12(11-22)8-19-16(13)21;1-9-4-2-6(7,8)3-5-9/h4-10,22H,3,11H2,1-2H3;2-5H2,1H3. The lowest BCUT2D eigenvalue weighted by molar-refractivity contribution is -0.0504. The van der Waals surface area contributed by atoms with Gasteiger partial charge in [-0.3, -0.25) is 14.5 Å². The Balaban J connectivity index is 0.000000286. The number of hydrogen-bond donors (Lipinski definition) is 1. The van der Waals surface area contributed by atoms with Gasteiger partial charge in [0.1, 0.15) is 5.65 Å². The lowest BCUT2D eigenvalue weighted by Gasteiger charge is -2.28. The highest BCUT2D eigenvalue weighted by Gasteiger charge is 2.32. The third-order valence-electron chi connectivity index (χ3n) is 5.40. The molecule has 0 atom stereocenters. The largest absolute Gasteiger partial charge is 0.449 e. The third kappa shape index (κ3) is 6.23. The quantitative estimate of drug-likeness (QED) is 0.636. The second-order valence-corrected chi connectivity index (χ2v) is 7.92. The molecule has 0 aromatic carbocycles. The summed E-state index contributed by atoms with van der Waals surface area (Å²) in [6, 6.07) is 5.65. The number of nitrogens with zero attached hydrogens (tertiary/aromatic N) is 5.